The molecular formula is C9H11BrN2S. The van der Waals surface area contributed by atoms with Crippen molar-refractivity contribution < 1.29 is 0 Å². The van der Waals surface area contributed by atoms with E-state index in [9.17, 15) is 0 Å². The zero-order valence-electron chi connectivity index (χ0n) is 7.22. The maximum atomic E-state index is 7.69. The molecule has 1 fully saturated rings. The molecule has 4 heteroatoms. The molecule has 1 aromatic rings. The summed E-state index contributed by atoms with van der Waals surface area (Å²) in [5, 5.41) is 9.78. The monoisotopic (exact) mass is 258 g/mol. The number of amidine groups is 1. The van der Waals surface area contributed by atoms with Gasteiger partial charge in [-0.15, -0.1) is 11.3 Å². The standard InChI is InChI=1S/C9H11BrN2S/c10-7-3-5-13-8(7)6-12-4-1-2-9(12)11/h3,5,11H,1-2,4,6H2. The van der Waals surface area contributed by atoms with E-state index in [1.807, 2.05) is 0 Å². The number of likely N-dealkylation sites (tertiary alicyclic amines) is 1. The van der Waals surface area contributed by atoms with Gasteiger partial charge in [-0.05, 0) is 33.8 Å². The Labute approximate surface area is 90.2 Å². The van der Waals surface area contributed by atoms with Crippen LogP contribution in [-0.4, -0.2) is 17.3 Å². The first-order valence-corrected chi connectivity index (χ1v) is 5.99. The Morgan fingerprint density at radius 1 is 1.62 bits per heavy atom. The van der Waals surface area contributed by atoms with E-state index in [1.54, 1.807) is 11.3 Å². The van der Waals surface area contributed by atoms with E-state index >= 15 is 0 Å². The summed E-state index contributed by atoms with van der Waals surface area (Å²) in [6.07, 6.45) is 2.09. The van der Waals surface area contributed by atoms with Crippen molar-refractivity contribution in [3.63, 3.8) is 0 Å². The van der Waals surface area contributed by atoms with Crippen LogP contribution in [0.5, 0.6) is 0 Å². The molecule has 2 rings (SSSR count). The van der Waals surface area contributed by atoms with Crippen molar-refractivity contribution in [2.75, 3.05) is 6.54 Å². The molecule has 0 unspecified atom stereocenters. The van der Waals surface area contributed by atoms with Gasteiger partial charge in [0.15, 0.2) is 0 Å². The maximum absolute atomic E-state index is 7.69. The largest absolute Gasteiger partial charge is 0.355 e. The predicted molar refractivity (Wildman–Crippen MR) is 59.4 cm³/mol. The lowest BCUT2D eigenvalue weighted by atomic mass is 10.4. The molecule has 1 aliphatic heterocycles. The Morgan fingerprint density at radius 3 is 3.00 bits per heavy atom. The van der Waals surface area contributed by atoms with Gasteiger partial charge in [0, 0.05) is 22.3 Å². The summed E-state index contributed by atoms with van der Waals surface area (Å²) in [6.45, 7) is 1.94. The zero-order chi connectivity index (χ0) is 9.26. The summed E-state index contributed by atoms with van der Waals surface area (Å²) in [5.41, 5.74) is 0. The maximum Gasteiger partial charge on any atom is 0.0961 e. The number of rotatable bonds is 2. The van der Waals surface area contributed by atoms with Crippen molar-refractivity contribution in [2.45, 2.75) is 19.4 Å². The molecule has 0 atom stereocenters. The average Bonchev–Trinajstić information content (AvgIpc) is 2.65. The lowest BCUT2D eigenvalue weighted by Crippen LogP contribution is -2.22. The molecule has 0 amide bonds. The van der Waals surface area contributed by atoms with Crippen LogP contribution in [-0.2, 0) is 6.54 Å². The van der Waals surface area contributed by atoms with Gasteiger partial charge in [-0.2, -0.15) is 0 Å². The minimum absolute atomic E-state index is 0.792. The van der Waals surface area contributed by atoms with E-state index in [0.717, 1.165) is 31.8 Å². The van der Waals surface area contributed by atoms with Crippen LogP contribution in [0, 0.1) is 5.41 Å². The van der Waals surface area contributed by atoms with Crippen LogP contribution < -0.4 is 0 Å². The van der Waals surface area contributed by atoms with Crippen LogP contribution in [0.25, 0.3) is 0 Å². The first-order valence-electron chi connectivity index (χ1n) is 4.31. The highest BCUT2D eigenvalue weighted by Gasteiger charge is 2.17. The Bertz CT molecular complexity index is 321. The van der Waals surface area contributed by atoms with Crippen molar-refractivity contribution in [1.29, 1.82) is 5.41 Å². The van der Waals surface area contributed by atoms with E-state index in [0.29, 0.717) is 0 Å². The van der Waals surface area contributed by atoms with Gasteiger partial charge in [0.1, 0.15) is 0 Å². The van der Waals surface area contributed by atoms with Crippen molar-refractivity contribution in [3.05, 3.63) is 20.8 Å². The van der Waals surface area contributed by atoms with Crippen LogP contribution in [0.1, 0.15) is 17.7 Å². The van der Waals surface area contributed by atoms with Gasteiger partial charge in [-0.3, -0.25) is 5.41 Å². The highest BCUT2D eigenvalue weighted by atomic mass is 79.9. The first-order chi connectivity index (χ1) is 6.27. The third kappa shape index (κ3) is 1.94. The number of hydrogen-bond donors (Lipinski definition) is 1. The number of hydrogen-bond acceptors (Lipinski definition) is 2. The fourth-order valence-electron chi connectivity index (χ4n) is 1.52. The smallest absolute Gasteiger partial charge is 0.0961 e. The Kier molecular flexibility index (Phi) is 2.69. The minimum atomic E-state index is 0.792. The summed E-state index contributed by atoms with van der Waals surface area (Å²) in [7, 11) is 0. The average molecular weight is 259 g/mol. The Balaban J connectivity index is 2.06. The van der Waals surface area contributed by atoms with Crippen LogP contribution in [0.2, 0.25) is 0 Å². The second-order valence-corrected chi connectivity index (χ2v) is 5.02. The Morgan fingerprint density at radius 2 is 2.46 bits per heavy atom. The third-order valence-corrected chi connectivity index (χ3v) is 4.16. The number of nitrogens with one attached hydrogen (secondary N) is 1. The third-order valence-electron chi connectivity index (χ3n) is 2.25. The molecule has 0 radical (unpaired) electrons. The van der Waals surface area contributed by atoms with Crippen molar-refractivity contribution in [2.24, 2.45) is 0 Å². The summed E-state index contributed by atoms with van der Waals surface area (Å²) in [4.78, 5) is 3.48. The first kappa shape index (κ1) is 9.21. The highest BCUT2D eigenvalue weighted by Crippen LogP contribution is 2.25. The van der Waals surface area contributed by atoms with Crippen molar-refractivity contribution >= 4 is 33.1 Å². The number of nitrogens with zero attached hydrogens (tertiary/aromatic N) is 1. The highest BCUT2D eigenvalue weighted by molar-refractivity contribution is 9.10. The molecule has 0 aliphatic carbocycles. The number of halogens is 1. The van der Waals surface area contributed by atoms with Crippen molar-refractivity contribution in [1.82, 2.24) is 4.90 Å². The molecule has 2 heterocycles. The molecule has 0 bridgehead atoms. The fourth-order valence-corrected chi connectivity index (χ4v) is 3.01. The topological polar surface area (TPSA) is 27.1 Å². The molecule has 0 saturated carbocycles. The van der Waals surface area contributed by atoms with Crippen LogP contribution >= 0.6 is 27.3 Å². The van der Waals surface area contributed by atoms with E-state index in [1.165, 1.54) is 9.35 Å². The molecule has 13 heavy (non-hydrogen) atoms. The summed E-state index contributed by atoms with van der Waals surface area (Å²) in [6, 6.07) is 2.07. The Hall–Kier alpha value is -0.350. The second kappa shape index (κ2) is 3.80. The summed E-state index contributed by atoms with van der Waals surface area (Å²) in [5.74, 6) is 0.792. The lowest BCUT2D eigenvalue weighted by Gasteiger charge is -2.16. The van der Waals surface area contributed by atoms with Gasteiger partial charge in [0.05, 0.1) is 12.4 Å². The van der Waals surface area contributed by atoms with Crippen molar-refractivity contribution in [3.8, 4) is 0 Å². The minimum Gasteiger partial charge on any atom is -0.355 e. The molecule has 2 nitrogen and oxygen atoms in total. The van der Waals surface area contributed by atoms with Crippen LogP contribution in [0.15, 0.2) is 15.9 Å². The normalized spacial score (nSPS) is 17.0. The summed E-state index contributed by atoms with van der Waals surface area (Å²) >= 11 is 5.26. The molecule has 1 N–H and O–H groups in total. The fraction of sp³-hybridized carbons (Fsp3) is 0.444. The molecule has 1 aliphatic rings. The molecule has 0 spiro atoms. The SMILES string of the molecule is N=C1CCCN1Cc1sccc1Br. The van der Waals surface area contributed by atoms with Crippen LogP contribution in [0.4, 0.5) is 0 Å². The zero-order valence-corrected chi connectivity index (χ0v) is 9.62. The van der Waals surface area contributed by atoms with Gasteiger partial charge < -0.3 is 4.90 Å². The van der Waals surface area contributed by atoms with Crippen LogP contribution in [0.3, 0.4) is 0 Å². The lowest BCUT2D eigenvalue weighted by molar-refractivity contribution is 0.449. The van der Waals surface area contributed by atoms with E-state index in [-0.39, 0.29) is 0 Å². The van der Waals surface area contributed by atoms with Gasteiger partial charge >= 0.3 is 0 Å². The van der Waals surface area contributed by atoms with E-state index < -0.39 is 0 Å². The van der Waals surface area contributed by atoms with E-state index in [2.05, 4.69) is 32.3 Å². The van der Waals surface area contributed by atoms with Gasteiger partial charge in [-0.1, -0.05) is 0 Å². The van der Waals surface area contributed by atoms with Gasteiger partial charge in [0.2, 0.25) is 0 Å². The molecule has 1 aromatic heterocycles. The quantitative estimate of drug-likeness (QED) is 0.868. The predicted octanol–water partition coefficient (Wildman–Crippen LogP) is 3.08. The molecular weight excluding hydrogens is 248 g/mol. The number of thiophene rings is 1. The molecule has 70 valence electrons. The molecule has 0 aromatic carbocycles. The summed E-state index contributed by atoms with van der Waals surface area (Å²) < 4.78 is 1.18. The van der Waals surface area contributed by atoms with Gasteiger partial charge in [0.25, 0.3) is 0 Å². The van der Waals surface area contributed by atoms with E-state index in [4.69, 9.17) is 5.41 Å². The second-order valence-electron chi connectivity index (χ2n) is 3.16. The van der Waals surface area contributed by atoms with Gasteiger partial charge in [-0.25, -0.2) is 0 Å². The molecule has 1 saturated heterocycles.